The van der Waals surface area contributed by atoms with Crippen molar-refractivity contribution in [2.45, 2.75) is 317 Å². The Bertz CT molecular complexity index is 4070. The monoisotopic (exact) mass is 2370 g/mol. The van der Waals surface area contributed by atoms with E-state index in [1.165, 1.54) is 20.1 Å². The van der Waals surface area contributed by atoms with Crippen molar-refractivity contribution in [3.63, 3.8) is 0 Å². The summed E-state index contributed by atoms with van der Waals surface area (Å²) in [5.41, 5.74) is -2.20. The van der Waals surface area contributed by atoms with Gasteiger partial charge in [-0.1, -0.05) is 170 Å². The fourth-order valence-electron chi connectivity index (χ4n) is 9.29. The molecule has 3 N–H and O–H groups in total. The van der Waals surface area contributed by atoms with Crippen LogP contribution in [0.25, 0.3) is 10.2 Å². The summed E-state index contributed by atoms with van der Waals surface area (Å²) in [5, 5.41) is 15.0. The minimum atomic E-state index is -2.29. The van der Waals surface area contributed by atoms with E-state index in [2.05, 4.69) is 203 Å². The zero-order valence-corrected chi connectivity index (χ0v) is 96.9. The Balaban J connectivity index is -0.000000129. The highest BCUT2D eigenvalue weighted by Gasteiger charge is 2.39. The summed E-state index contributed by atoms with van der Waals surface area (Å²) in [5.74, 6) is -1.82. The number of aliphatic hydroxyl groups is 2. The topological polar surface area (TPSA) is 430 Å². The van der Waals surface area contributed by atoms with Gasteiger partial charge in [0.1, 0.15) is 45.1 Å². The summed E-state index contributed by atoms with van der Waals surface area (Å²) in [6.07, 6.45) is 6.82. The lowest BCUT2D eigenvalue weighted by molar-refractivity contribution is -0.171. The molecule has 0 bridgehead atoms. The number of hydrogen-bond donors (Lipinski definition) is 14. The lowest BCUT2D eigenvalue weighted by Gasteiger charge is -2.32. The van der Waals surface area contributed by atoms with Gasteiger partial charge < -0.3 is 75.8 Å². The predicted molar refractivity (Wildman–Crippen MR) is 642 cm³/mol. The van der Waals surface area contributed by atoms with E-state index >= 15 is 0 Å². The third-order valence-corrected chi connectivity index (χ3v) is 23.6. The molecule has 0 amide bonds. The Morgan fingerprint density at radius 1 is 0.442 bits per heavy atom. The third kappa shape index (κ3) is 97.5. The summed E-state index contributed by atoms with van der Waals surface area (Å²) < 4.78 is 69.3. The van der Waals surface area contributed by atoms with Crippen LogP contribution in [0.3, 0.4) is 0 Å². The summed E-state index contributed by atoms with van der Waals surface area (Å²) in [6.45, 7) is 25.8. The summed E-state index contributed by atoms with van der Waals surface area (Å²) in [4.78, 5) is 168. The number of esters is 10. The molecule has 0 saturated carbocycles. The number of thiazole rings is 1. The van der Waals surface area contributed by atoms with Gasteiger partial charge in [0.15, 0.2) is 3.95 Å². The molecule has 2 aromatic heterocycles. The van der Waals surface area contributed by atoms with E-state index in [1.807, 2.05) is 78.8 Å². The number of H-pyrrole nitrogens is 1. The van der Waals surface area contributed by atoms with Crippen molar-refractivity contribution < 1.29 is 124 Å². The number of nitrogens with zero attached hydrogens (tertiary/aromatic N) is 3. The molecule has 6 atom stereocenters. The molecule has 0 aliphatic carbocycles. The van der Waals surface area contributed by atoms with Gasteiger partial charge in [-0.2, -0.15) is 131 Å². The number of carbonyl (C=O) groups is 11. The number of fused-ring (bicyclic) bond motifs is 1. The van der Waals surface area contributed by atoms with Crippen LogP contribution in [-0.4, -0.2) is 259 Å². The van der Waals surface area contributed by atoms with E-state index < -0.39 is 67.1 Å². The Kier molecular flexibility index (Phi) is 127. The molecule has 2 heterocycles. The van der Waals surface area contributed by atoms with Crippen molar-refractivity contribution >= 4 is 259 Å². The van der Waals surface area contributed by atoms with Crippen LogP contribution in [0.5, 0.6) is 0 Å². The number of aliphatic hydroxyl groups excluding tert-OH is 2. The van der Waals surface area contributed by atoms with Gasteiger partial charge in [0.25, 0.3) is 0 Å². The van der Waals surface area contributed by atoms with Crippen LogP contribution in [-0.2, 0) is 126 Å². The van der Waals surface area contributed by atoms with Crippen molar-refractivity contribution in [2.75, 3.05) is 124 Å². The molecule has 6 unspecified atom stereocenters. The van der Waals surface area contributed by atoms with E-state index in [4.69, 9.17) is 73.6 Å². The number of benzene rings is 3. The van der Waals surface area contributed by atoms with Crippen molar-refractivity contribution in [2.24, 2.45) is 5.41 Å². The Morgan fingerprint density at radius 3 is 1.05 bits per heavy atom. The molecule has 860 valence electrons. The summed E-state index contributed by atoms with van der Waals surface area (Å²) >= 11 is 53.2. The third-order valence-electron chi connectivity index (χ3n) is 16.1. The van der Waals surface area contributed by atoms with Gasteiger partial charge in [-0.25, -0.2) is 23.5 Å². The quantitative estimate of drug-likeness (QED) is 0.00327. The number of hydrogen-bond acceptors (Lipinski definition) is 43. The molecule has 0 aliphatic heterocycles. The molecule has 0 spiro atoms. The second-order valence-corrected chi connectivity index (χ2v) is 43.0. The average Bonchev–Trinajstić information content (AvgIpc) is 1.35. The van der Waals surface area contributed by atoms with E-state index in [-0.39, 0.29) is 228 Å². The van der Waals surface area contributed by atoms with Crippen LogP contribution in [0.1, 0.15) is 250 Å². The van der Waals surface area contributed by atoms with Crippen molar-refractivity contribution in [3.8, 4) is 0 Å². The normalized spacial score (nSPS) is 11.4. The van der Waals surface area contributed by atoms with Crippen LogP contribution in [0, 0.1) is 16.3 Å². The smallest absolute Gasteiger partial charge is 0.466 e. The number of aryl methyl sites for hydroxylation is 1. The van der Waals surface area contributed by atoms with Crippen LogP contribution in [0.4, 0.5) is 0 Å². The first kappa shape index (κ1) is 169. The second kappa shape index (κ2) is 110. The number of aromatic amines is 1. The van der Waals surface area contributed by atoms with Gasteiger partial charge in [-0.05, 0) is 132 Å². The molecular weight excluding hydrogens is 2190 g/mol. The van der Waals surface area contributed by atoms with E-state index in [1.54, 1.807) is 86.0 Å². The van der Waals surface area contributed by atoms with Crippen LogP contribution >= 0.6 is 174 Å². The van der Waals surface area contributed by atoms with Crippen LogP contribution in [0.2, 0.25) is 6.04 Å². The standard InChI is InChI=1S/C21H36O8S4.C14H19N3O8S2.C13H12S2.C12H22O4S2.C7H5NS2.C6H16O3SSi.C6H12O2.C5H10O2.C3H8OS.C3H8O.C2H6.7CH4/c1-13(30)5-17(22)26-9-21(10-27-18(23)6-14(2)31,11-28-19(24)7-15(3)32)12-29-20(25)8-16(4)33;18-9-17-13(22)15(3-5-24-10(19)1-7-26)12(21)16(14(17)23)4-6-25-11(20)2-8-27;1-10-2-6-12(7-3-10)15-13-8-4-11(14)5-9-13;1-9(17)7-11(13)15-5-3-4-6-16-12(14)8-10(2)18;9-7-8-5-3-1-2-4-6(5)10-7;1-7-11(8-2,9-3)6-4-5-10;1-3-5-6(7)8-4-2;1-3-5(6)7-4-2;4-2-1-3-5;1-2-3-4;1-2;;;;;;;/h13-16,30-33H,5-12H2,1-4H3;9,26-27H,1-8H2;2-9,14H,1H3;9-10,17-18H,3-8H2,1-2H3;1-4H,(H,8,9);10H,4-6H2,1-3H3;3-5H2,1-2H3;3-4H2,1-2H3;4-5H,1-3H2;4H,2-3H2,1H3;1-2H3;7*1H4. The van der Waals surface area contributed by atoms with Gasteiger partial charge in [0, 0.05) is 111 Å². The minimum absolute atomic E-state index is 0. The number of nitrogens with one attached hydrogen (secondary N) is 1. The number of carbonyl (C=O) groups excluding carboxylic acids is 11. The van der Waals surface area contributed by atoms with Gasteiger partial charge in [0.05, 0.1) is 101 Å². The molecule has 0 aliphatic rings. The molecule has 0 fully saturated rings. The highest BCUT2D eigenvalue weighted by atomic mass is 32.2. The maximum atomic E-state index is 12.4. The first-order valence-corrected chi connectivity index (χ1v) is 55.3. The Labute approximate surface area is 953 Å². The van der Waals surface area contributed by atoms with Crippen molar-refractivity contribution in [1.29, 1.82) is 0 Å². The molecule has 48 heteroatoms. The van der Waals surface area contributed by atoms with Gasteiger partial charge in [-0.15, -0.1) is 24.0 Å². The number of thiol groups is 11. The average molecular weight is 2370 g/mol. The van der Waals surface area contributed by atoms with E-state index in [0.29, 0.717) is 80.7 Å². The Hall–Kier alpha value is -5.23. The molecule has 0 saturated heterocycles. The molecule has 147 heavy (non-hydrogen) atoms. The first-order chi connectivity index (χ1) is 66.3. The maximum Gasteiger partial charge on any atom is 0.500 e. The predicted octanol–water partition coefficient (Wildman–Crippen LogP) is 20.2. The maximum absolute atomic E-state index is 12.4. The number of rotatable bonds is 52. The first-order valence-electron chi connectivity index (χ1n) is 45.3. The van der Waals surface area contributed by atoms with Crippen LogP contribution in [0.15, 0.2) is 102 Å². The minimum Gasteiger partial charge on any atom is -0.466 e. The van der Waals surface area contributed by atoms with Gasteiger partial charge >= 0.3 is 85.6 Å². The zero-order valence-electron chi connectivity index (χ0n) is 83.6. The van der Waals surface area contributed by atoms with Crippen LogP contribution < -0.4 is 17.1 Å². The largest absolute Gasteiger partial charge is 0.500 e. The van der Waals surface area contributed by atoms with Crippen molar-refractivity contribution in [3.05, 3.63) is 114 Å². The number of ether oxygens (including phenoxy) is 10. The fourth-order valence-corrected chi connectivity index (χ4v) is 14.9. The number of aromatic nitrogens is 4. The Morgan fingerprint density at radius 2 is 0.769 bits per heavy atom. The zero-order chi connectivity index (χ0) is 108. The fraction of sp³-hybridized carbons (Fsp3) is 0.667. The number of unbranched alkanes of at least 4 members (excludes halogenated alkanes) is 1. The highest BCUT2D eigenvalue weighted by Crippen LogP contribution is 2.29. The lowest BCUT2D eigenvalue weighted by atomic mass is 9.92. The molecule has 5 aromatic rings. The molecular formula is C99H182N4O29S14Si. The summed E-state index contributed by atoms with van der Waals surface area (Å²) in [6, 6.07) is 25.7. The van der Waals surface area contributed by atoms with Crippen molar-refractivity contribution in [1.82, 2.24) is 18.7 Å². The lowest BCUT2D eigenvalue weighted by Crippen LogP contribution is -2.55. The van der Waals surface area contributed by atoms with Gasteiger partial charge in [0.2, 0.25) is 6.41 Å². The number of para-hydroxylation sites is 1. The van der Waals surface area contributed by atoms with E-state index in [0.717, 1.165) is 57.6 Å². The SMILES string of the molecule is C.C.C.C.C.C.C.CC.CC(S)CC(=O)OCC(COC(=O)CC(C)S)(COC(=O)CC(C)S)COC(=O)CC(C)S.CC(S)CC(=O)OCCCCOC(=O)CC(C)S.CCCC(=O)OCC.CCCO.CCOC(=O)CC.CO[Si](CCCS)(OC)OC.Cc1ccc(Sc2ccc(S)cc2)cc1.O=Cn1c(=O)n(CCOC(=O)CCS)c(=O)n(CCOC(=O)CCS)c1=O.OCCCS.S=c1[nH]c2ccccc2s1. The van der Waals surface area contributed by atoms with Gasteiger partial charge in [-0.3, -0.25) is 52.7 Å². The summed E-state index contributed by atoms with van der Waals surface area (Å²) in [7, 11) is 2.58. The van der Waals surface area contributed by atoms with E-state index in [9.17, 15) is 67.1 Å². The second-order valence-electron chi connectivity index (χ2n) is 29.4. The highest BCUT2D eigenvalue weighted by molar-refractivity contribution is 7.99. The molecule has 33 nitrogen and oxygen atoms in total. The molecule has 3 aromatic carbocycles. The molecule has 0 radical (unpaired) electrons. The molecule has 5 rings (SSSR count).